The maximum Gasteiger partial charge on any atom is 0.255 e. The molecule has 3 aromatic rings. The molecule has 0 heterocycles. The van der Waals surface area contributed by atoms with Gasteiger partial charge >= 0.3 is 0 Å². The van der Waals surface area contributed by atoms with Crippen LogP contribution in [0.3, 0.4) is 0 Å². The van der Waals surface area contributed by atoms with Gasteiger partial charge in [-0.05, 0) is 83.8 Å². The van der Waals surface area contributed by atoms with Crippen LogP contribution in [-0.4, -0.2) is 54.8 Å². The number of amides is 4. The lowest BCUT2D eigenvalue weighted by Gasteiger charge is -2.25. The third kappa shape index (κ3) is 13.2. The number of rotatable bonds is 18. The predicted molar refractivity (Wildman–Crippen MR) is 227 cm³/mol. The van der Waals surface area contributed by atoms with Gasteiger partial charge in [0.1, 0.15) is 0 Å². The van der Waals surface area contributed by atoms with Crippen LogP contribution in [0.1, 0.15) is 112 Å². The Morgan fingerprint density at radius 1 is 0.574 bits per heavy atom. The highest BCUT2D eigenvalue weighted by atomic mass is 32.2. The van der Waals surface area contributed by atoms with Crippen molar-refractivity contribution in [2.45, 2.75) is 101 Å². The molecule has 0 aliphatic heterocycles. The molecule has 11 nitrogen and oxygen atoms in total. The van der Waals surface area contributed by atoms with Gasteiger partial charge in [0.25, 0.3) is 11.8 Å². The van der Waals surface area contributed by atoms with Crippen molar-refractivity contribution in [2.24, 2.45) is 17.2 Å². The minimum atomic E-state index is -0.420. The van der Waals surface area contributed by atoms with Gasteiger partial charge in [-0.2, -0.15) is 0 Å². The number of benzene rings is 3. The molecule has 0 saturated heterocycles. The van der Waals surface area contributed by atoms with Crippen LogP contribution in [0.4, 0.5) is 22.7 Å². The minimum Gasteiger partial charge on any atom is -0.330 e. The van der Waals surface area contributed by atoms with E-state index in [1.807, 2.05) is 31.2 Å². The monoisotopic (exact) mass is 777 g/mol. The van der Waals surface area contributed by atoms with Gasteiger partial charge in [0.05, 0.1) is 32.5 Å². The molecule has 0 aromatic heterocycles. The Bertz CT molecular complexity index is 1660. The Morgan fingerprint density at radius 2 is 0.963 bits per heavy atom. The topological polar surface area (TPSA) is 194 Å². The molecule has 10 N–H and O–H groups in total. The lowest BCUT2D eigenvalue weighted by molar-refractivity contribution is -0.117. The summed E-state index contributed by atoms with van der Waals surface area (Å²) in [6.45, 7) is 15.6. The molecule has 294 valence electrons. The molecule has 0 bridgehead atoms. The number of carbonyl (C=O) groups is 4. The molecule has 0 aliphatic rings. The first-order chi connectivity index (χ1) is 25.5. The number of hydrogen-bond acceptors (Lipinski definition) is 9. The zero-order valence-electron chi connectivity index (χ0n) is 32.9. The van der Waals surface area contributed by atoms with Crippen LogP contribution in [0.25, 0.3) is 0 Å². The first-order valence-electron chi connectivity index (χ1n) is 18.6. The van der Waals surface area contributed by atoms with Crippen molar-refractivity contribution < 1.29 is 19.2 Å². The number of unbranched alkanes of at least 4 members (excludes halogenated alkanes) is 1. The summed E-state index contributed by atoms with van der Waals surface area (Å²) in [5.41, 5.74) is 21.5. The average Bonchev–Trinajstić information content (AvgIpc) is 3.11. The molecule has 0 radical (unpaired) electrons. The van der Waals surface area contributed by atoms with Gasteiger partial charge in [0.2, 0.25) is 11.8 Å². The van der Waals surface area contributed by atoms with Gasteiger partial charge in [0, 0.05) is 48.6 Å². The number of thioether (sulfide) groups is 2. The maximum atomic E-state index is 13.9. The SMILES string of the molecule is CCCCC(=O)Nc1cc(C(C)(C)C)cc(NC(=O)c2cccc(C(=O)Nc3cc(C(C)(C)C)cc(NC(=O)CCCN)c3SCCN)c2)c1SCCN. The van der Waals surface area contributed by atoms with E-state index in [0.717, 1.165) is 24.0 Å². The van der Waals surface area contributed by atoms with Gasteiger partial charge in [-0.3, -0.25) is 19.2 Å². The lowest BCUT2D eigenvalue weighted by atomic mass is 9.86. The molecule has 0 unspecified atom stereocenters. The standard InChI is InChI=1S/C41H59N7O4S2/c1-8-9-14-34(49)45-30-22-28(40(2,3)4)24-32(36(30)53-19-17-43)47-38(51)26-12-10-13-27(21-26)39(52)48-33-25-29(41(5,6)7)23-31(37(33)54-20-18-44)46-35(50)15-11-16-42/h10,12-13,21-25H,8-9,11,14-20,42-44H2,1-7H3,(H,45,49)(H,46,50)(H,47,51)(H,48,52). The smallest absolute Gasteiger partial charge is 0.255 e. The highest BCUT2D eigenvalue weighted by Crippen LogP contribution is 2.41. The molecule has 13 heteroatoms. The Morgan fingerprint density at radius 3 is 1.31 bits per heavy atom. The van der Waals surface area contributed by atoms with E-state index < -0.39 is 11.8 Å². The zero-order valence-corrected chi connectivity index (χ0v) is 34.5. The van der Waals surface area contributed by atoms with Crippen LogP contribution in [0.5, 0.6) is 0 Å². The van der Waals surface area contributed by atoms with Crippen molar-refractivity contribution in [1.29, 1.82) is 0 Å². The lowest BCUT2D eigenvalue weighted by Crippen LogP contribution is -2.20. The number of nitrogens with two attached hydrogens (primary N) is 3. The average molecular weight is 778 g/mol. The second-order valence-corrected chi connectivity index (χ2v) is 17.4. The molecule has 4 amide bonds. The van der Waals surface area contributed by atoms with Crippen molar-refractivity contribution in [3.05, 3.63) is 70.8 Å². The summed E-state index contributed by atoms with van der Waals surface area (Å²) in [6.07, 6.45) is 2.89. The Labute approximate surface area is 329 Å². The van der Waals surface area contributed by atoms with E-state index in [4.69, 9.17) is 17.2 Å². The summed E-state index contributed by atoms with van der Waals surface area (Å²) in [4.78, 5) is 55.0. The third-order valence-corrected chi connectivity index (χ3v) is 10.8. The van der Waals surface area contributed by atoms with Crippen molar-refractivity contribution in [3.63, 3.8) is 0 Å². The number of nitrogens with one attached hydrogen (secondary N) is 4. The Balaban J connectivity index is 2.02. The fourth-order valence-corrected chi connectivity index (χ4v) is 7.05. The van der Waals surface area contributed by atoms with Gasteiger partial charge in [0.15, 0.2) is 0 Å². The van der Waals surface area contributed by atoms with E-state index in [0.29, 0.717) is 76.5 Å². The molecule has 0 saturated carbocycles. The van der Waals surface area contributed by atoms with Gasteiger partial charge in [-0.25, -0.2) is 0 Å². The zero-order chi connectivity index (χ0) is 40.1. The summed E-state index contributed by atoms with van der Waals surface area (Å²) in [5, 5.41) is 12.2. The summed E-state index contributed by atoms with van der Waals surface area (Å²) in [5.74, 6) is 0.0480. The van der Waals surface area contributed by atoms with Crippen molar-refractivity contribution >= 4 is 69.9 Å². The van der Waals surface area contributed by atoms with E-state index in [1.54, 1.807) is 24.3 Å². The van der Waals surface area contributed by atoms with Crippen molar-refractivity contribution in [2.75, 3.05) is 52.4 Å². The minimum absolute atomic E-state index is 0.0905. The second kappa shape index (κ2) is 20.7. The molecular weight excluding hydrogens is 719 g/mol. The summed E-state index contributed by atoms with van der Waals surface area (Å²) in [7, 11) is 0. The van der Waals surface area contributed by atoms with Crippen LogP contribution >= 0.6 is 23.5 Å². The predicted octanol–water partition coefficient (Wildman–Crippen LogP) is 7.69. The van der Waals surface area contributed by atoms with Gasteiger partial charge in [-0.1, -0.05) is 61.0 Å². The Hall–Kier alpha value is -3.88. The number of carbonyl (C=O) groups excluding carboxylic acids is 4. The summed E-state index contributed by atoms with van der Waals surface area (Å²) < 4.78 is 0. The quantitative estimate of drug-likeness (QED) is 0.0634. The van der Waals surface area contributed by atoms with Crippen LogP contribution in [0.2, 0.25) is 0 Å². The number of hydrogen-bond donors (Lipinski definition) is 7. The maximum absolute atomic E-state index is 13.9. The Kier molecular flexibility index (Phi) is 17.1. The fourth-order valence-electron chi connectivity index (χ4n) is 5.34. The van der Waals surface area contributed by atoms with Crippen LogP contribution in [-0.2, 0) is 20.4 Å². The first kappa shape index (κ1) is 44.5. The molecule has 0 atom stereocenters. The molecular formula is C41H59N7O4S2. The molecule has 0 fully saturated rings. The molecule has 0 spiro atoms. The van der Waals surface area contributed by atoms with E-state index in [2.05, 4.69) is 62.8 Å². The van der Waals surface area contributed by atoms with Crippen molar-refractivity contribution in [3.8, 4) is 0 Å². The number of anilines is 4. The molecule has 3 aromatic carbocycles. The van der Waals surface area contributed by atoms with Crippen molar-refractivity contribution in [1.82, 2.24) is 0 Å². The van der Waals surface area contributed by atoms with Crippen LogP contribution in [0.15, 0.2) is 58.3 Å². The van der Waals surface area contributed by atoms with Crippen LogP contribution in [0, 0.1) is 0 Å². The highest BCUT2D eigenvalue weighted by molar-refractivity contribution is 7.99. The highest BCUT2D eigenvalue weighted by Gasteiger charge is 2.24. The van der Waals surface area contributed by atoms with E-state index >= 15 is 0 Å². The van der Waals surface area contributed by atoms with E-state index in [1.165, 1.54) is 23.5 Å². The van der Waals surface area contributed by atoms with E-state index in [-0.39, 0.29) is 40.2 Å². The van der Waals surface area contributed by atoms with Gasteiger partial charge < -0.3 is 38.5 Å². The third-order valence-electron chi connectivity index (χ3n) is 8.44. The van der Waals surface area contributed by atoms with Crippen LogP contribution < -0.4 is 38.5 Å². The molecule has 54 heavy (non-hydrogen) atoms. The summed E-state index contributed by atoms with van der Waals surface area (Å²) in [6, 6.07) is 14.3. The fraction of sp³-hybridized carbons (Fsp3) is 0.463. The normalized spacial score (nSPS) is 11.6. The van der Waals surface area contributed by atoms with E-state index in [9.17, 15) is 19.2 Å². The largest absolute Gasteiger partial charge is 0.330 e. The summed E-state index contributed by atoms with van der Waals surface area (Å²) >= 11 is 2.91. The van der Waals surface area contributed by atoms with Gasteiger partial charge in [-0.15, -0.1) is 23.5 Å². The first-order valence-corrected chi connectivity index (χ1v) is 20.5. The second-order valence-electron chi connectivity index (χ2n) is 15.2. The molecule has 3 rings (SSSR count). The molecule has 0 aliphatic carbocycles.